The Hall–Kier alpha value is -3.60. The standard InChI is InChI=1S/C24H21NO4/c1-16(26)17-8-11-19(12-9-17)28-14-4-7-24(27)25-18-10-13-23-21(15-18)20-5-2-3-6-22(20)29-23/h2-3,5-6,8-13,15H,4,7,14H2,1H3,(H,25,27). The molecule has 146 valence electrons. The summed E-state index contributed by atoms with van der Waals surface area (Å²) in [5.74, 6) is 0.648. The molecule has 0 aliphatic carbocycles. The fourth-order valence-corrected chi connectivity index (χ4v) is 3.24. The molecule has 0 radical (unpaired) electrons. The van der Waals surface area contributed by atoms with Gasteiger partial charge in [-0.3, -0.25) is 9.59 Å². The second-order valence-electron chi connectivity index (χ2n) is 6.89. The second-order valence-corrected chi connectivity index (χ2v) is 6.89. The average Bonchev–Trinajstić information content (AvgIpc) is 3.09. The van der Waals surface area contributed by atoms with Crippen LogP contribution in [0.25, 0.3) is 21.9 Å². The molecule has 5 heteroatoms. The molecule has 1 amide bonds. The zero-order valence-corrected chi connectivity index (χ0v) is 16.1. The average molecular weight is 387 g/mol. The molecule has 0 fully saturated rings. The molecule has 0 bridgehead atoms. The van der Waals surface area contributed by atoms with Crippen LogP contribution in [-0.4, -0.2) is 18.3 Å². The van der Waals surface area contributed by atoms with Crippen molar-refractivity contribution in [1.29, 1.82) is 0 Å². The van der Waals surface area contributed by atoms with Crippen LogP contribution in [0.3, 0.4) is 0 Å². The molecule has 0 aliphatic heterocycles. The smallest absolute Gasteiger partial charge is 0.224 e. The molecule has 1 aromatic heterocycles. The number of hydrogen-bond acceptors (Lipinski definition) is 4. The minimum Gasteiger partial charge on any atom is -0.494 e. The van der Waals surface area contributed by atoms with Gasteiger partial charge in [-0.1, -0.05) is 18.2 Å². The quantitative estimate of drug-likeness (QED) is 0.332. The summed E-state index contributed by atoms with van der Waals surface area (Å²) >= 11 is 0. The normalized spacial score (nSPS) is 10.9. The van der Waals surface area contributed by atoms with Gasteiger partial charge in [0.25, 0.3) is 0 Å². The van der Waals surface area contributed by atoms with E-state index in [2.05, 4.69) is 5.32 Å². The minimum absolute atomic E-state index is 0.0230. The number of anilines is 1. The van der Waals surface area contributed by atoms with Crippen LogP contribution >= 0.6 is 0 Å². The third-order valence-electron chi connectivity index (χ3n) is 4.74. The molecule has 1 N–H and O–H groups in total. The van der Waals surface area contributed by atoms with E-state index in [-0.39, 0.29) is 11.7 Å². The molecule has 4 aromatic rings. The van der Waals surface area contributed by atoms with Crippen LogP contribution < -0.4 is 10.1 Å². The summed E-state index contributed by atoms with van der Waals surface area (Å²) in [5, 5.41) is 4.95. The van der Waals surface area contributed by atoms with Crippen molar-refractivity contribution in [2.24, 2.45) is 0 Å². The van der Waals surface area contributed by atoms with Gasteiger partial charge in [-0.05, 0) is 61.9 Å². The first kappa shape index (κ1) is 18.7. The number of ether oxygens (including phenoxy) is 1. The van der Waals surface area contributed by atoms with Crippen LogP contribution in [0.1, 0.15) is 30.1 Å². The lowest BCUT2D eigenvalue weighted by Crippen LogP contribution is -2.12. The highest BCUT2D eigenvalue weighted by molar-refractivity contribution is 6.06. The predicted molar refractivity (Wildman–Crippen MR) is 114 cm³/mol. The van der Waals surface area contributed by atoms with Crippen molar-refractivity contribution in [3.05, 3.63) is 72.3 Å². The van der Waals surface area contributed by atoms with E-state index in [9.17, 15) is 9.59 Å². The van der Waals surface area contributed by atoms with Gasteiger partial charge in [-0.2, -0.15) is 0 Å². The highest BCUT2D eigenvalue weighted by atomic mass is 16.5. The van der Waals surface area contributed by atoms with Crippen LogP contribution in [0, 0.1) is 0 Å². The van der Waals surface area contributed by atoms with E-state index in [1.165, 1.54) is 6.92 Å². The zero-order valence-electron chi connectivity index (χ0n) is 16.1. The zero-order chi connectivity index (χ0) is 20.2. The van der Waals surface area contributed by atoms with E-state index in [4.69, 9.17) is 9.15 Å². The molecule has 3 aromatic carbocycles. The van der Waals surface area contributed by atoms with Gasteiger partial charge in [0.2, 0.25) is 5.91 Å². The Labute approximate surface area is 168 Å². The molecular formula is C24H21NO4. The van der Waals surface area contributed by atoms with Crippen LogP contribution in [0.4, 0.5) is 5.69 Å². The number of Topliss-reactive ketones (excluding diaryl/α,β-unsaturated/α-hetero) is 1. The Morgan fingerprint density at radius 1 is 0.931 bits per heavy atom. The molecular weight excluding hydrogens is 366 g/mol. The first-order chi connectivity index (χ1) is 14.1. The van der Waals surface area contributed by atoms with Gasteiger partial charge in [0.15, 0.2) is 5.78 Å². The lowest BCUT2D eigenvalue weighted by atomic mass is 10.1. The Kier molecular flexibility index (Phi) is 5.29. The van der Waals surface area contributed by atoms with Crippen LogP contribution in [-0.2, 0) is 4.79 Å². The lowest BCUT2D eigenvalue weighted by Gasteiger charge is -2.08. The summed E-state index contributed by atoms with van der Waals surface area (Å²) < 4.78 is 11.4. The van der Waals surface area contributed by atoms with Gasteiger partial charge in [0, 0.05) is 28.4 Å². The number of fused-ring (bicyclic) bond motifs is 3. The van der Waals surface area contributed by atoms with Crippen LogP contribution in [0.2, 0.25) is 0 Å². The van der Waals surface area contributed by atoms with E-state index in [0.717, 1.165) is 27.6 Å². The minimum atomic E-state index is -0.0623. The molecule has 4 rings (SSSR count). The second kappa shape index (κ2) is 8.19. The summed E-state index contributed by atoms with van der Waals surface area (Å²) in [6.07, 6.45) is 0.951. The highest BCUT2D eigenvalue weighted by Crippen LogP contribution is 2.30. The number of hydrogen-bond donors (Lipinski definition) is 1. The Morgan fingerprint density at radius 2 is 1.69 bits per heavy atom. The van der Waals surface area contributed by atoms with E-state index >= 15 is 0 Å². The molecule has 1 heterocycles. The molecule has 0 saturated carbocycles. The molecule has 0 aliphatic rings. The third-order valence-corrected chi connectivity index (χ3v) is 4.74. The SMILES string of the molecule is CC(=O)c1ccc(OCCCC(=O)Nc2ccc3oc4ccccc4c3c2)cc1. The number of amides is 1. The lowest BCUT2D eigenvalue weighted by molar-refractivity contribution is -0.116. The number of nitrogens with one attached hydrogen (secondary N) is 1. The summed E-state index contributed by atoms with van der Waals surface area (Å²) in [5.41, 5.74) is 3.03. The molecule has 0 spiro atoms. The van der Waals surface area contributed by atoms with E-state index in [0.29, 0.717) is 30.8 Å². The fourth-order valence-electron chi connectivity index (χ4n) is 3.24. The number of para-hydroxylation sites is 1. The van der Waals surface area contributed by atoms with Gasteiger partial charge in [0.05, 0.1) is 6.61 Å². The van der Waals surface area contributed by atoms with Gasteiger partial charge in [-0.25, -0.2) is 0 Å². The summed E-state index contributed by atoms with van der Waals surface area (Å²) in [6, 6.07) is 20.5. The summed E-state index contributed by atoms with van der Waals surface area (Å²) in [7, 11) is 0. The first-order valence-electron chi connectivity index (χ1n) is 9.55. The predicted octanol–water partition coefficient (Wildman–Crippen LogP) is 5.59. The Bertz CT molecular complexity index is 1170. The summed E-state index contributed by atoms with van der Waals surface area (Å²) in [4.78, 5) is 23.5. The maximum absolute atomic E-state index is 12.3. The number of ketones is 1. The van der Waals surface area contributed by atoms with E-state index in [1.54, 1.807) is 24.3 Å². The van der Waals surface area contributed by atoms with E-state index in [1.807, 2.05) is 42.5 Å². The van der Waals surface area contributed by atoms with Gasteiger partial charge in [0.1, 0.15) is 16.9 Å². The monoisotopic (exact) mass is 387 g/mol. The highest BCUT2D eigenvalue weighted by Gasteiger charge is 2.09. The van der Waals surface area contributed by atoms with Crippen molar-refractivity contribution in [2.45, 2.75) is 19.8 Å². The van der Waals surface area contributed by atoms with Gasteiger partial charge in [-0.15, -0.1) is 0 Å². The topological polar surface area (TPSA) is 68.5 Å². The van der Waals surface area contributed by atoms with Crippen molar-refractivity contribution in [1.82, 2.24) is 0 Å². The Balaban J connectivity index is 1.30. The molecule has 29 heavy (non-hydrogen) atoms. The molecule has 5 nitrogen and oxygen atoms in total. The number of carbonyl (C=O) groups excluding carboxylic acids is 2. The first-order valence-corrected chi connectivity index (χ1v) is 9.55. The third kappa shape index (κ3) is 4.29. The number of rotatable bonds is 7. The largest absolute Gasteiger partial charge is 0.494 e. The van der Waals surface area contributed by atoms with Crippen LogP contribution in [0.5, 0.6) is 5.75 Å². The van der Waals surface area contributed by atoms with Crippen molar-refractivity contribution < 1.29 is 18.7 Å². The molecule has 0 saturated heterocycles. The van der Waals surface area contributed by atoms with Gasteiger partial charge < -0.3 is 14.5 Å². The van der Waals surface area contributed by atoms with Crippen molar-refractivity contribution in [3.63, 3.8) is 0 Å². The van der Waals surface area contributed by atoms with Crippen molar-refractivity contribution in [2.75, 3.05) is 11.9 Å². The van der Waals surface area contributed by atoms with Gasteiger partial charge >= 0.3 is 0 Å². The van der Waals surface area contributed by atoms with Crippen molar-refractivity contribution in [3.8, 4) is 5.75 Å². The number of benzene rings is 3. The number of carbonyl (C=O) groups is 2. The fraction of sp³-hybridized carbons (Fsp3) is 0.167. The van der Waals surface area contributed by atoms with E-state index < -0.39 is 0 Å². The maximum atomic E-state index is 12.3. The molecule has 0 unspecified atom stereocenters. The summed E-state index contributed by atoms with van der Waals surface area (Å²) in [6.45, 7) is 1.96. The Morgan fingerprint density at radius 3 is 2.48 bits per heavy atom. The molecule has 0 atom stereocenters. The van der Waals surface area contributed by atoms with Crippen LogP contribution in [0.15, 0.2) is 71.1 Å². The maximum Gasteiger partial charge on any atom is 0.224 e. The number of furan rings is 1. The van der Waals surface area contributed by atoms with Crippen molar-refractivity contribution >= 4 is 39.3 Å².